The fourth-order valence-electron chi connectivity index (χ4n) is 2.81. The van der Waals surface area contributed by atoms with Gasteiger partial charge in [-0.15, -0.1) is 0 Å². The Balaban J connectivity index is 1.57. The molecule has 0 aromatic heterocycles. The third-order valence-corrected chi connectivity index (χ3v) is 4.88. The second-order valence-electron chi connectivity index (χ2n) is 5.56. The van der Waals surface area contributed by atoms with Gasteiger partial charge in [0, 0.05) is 44.7 Å². The molecule has 118 valence electrons. The fourth-order valence-corrected chi connectivity index (χ4v) is 3.10. The van der Waals surface area contributed by atoms with Crippen LogP contribution in [-0.4, -0.2) is 54.5 Å². The first-order valence-electron chi connectivity index (χ1n) is 7.30. The zero-order chi connectivity index (χ0) is 15.7. The van der Waals surface area contributed by atoms with Gasteiger partial charge in [-0.3, -0.25) is 19.4 Å². The maximum absolute atomic E-state index is 11.7. The van der Waals surface area contributed by atoms with Gasteiger partial charge in [0.2, 0.25) is 11.8 Å². The molecule has 1 aromatic carbocycles. The molecule has 0 radical (unpaired) electrons. The van der Waals surface area contributed by atoms with Gasteiger partial charge in [-0.2, -0.15) is 0 Å². The van der Waals surface area contributed by atoms with Crippen LogP contribution >= 0.6 is 23.2 Å². The van der Waals surface area contributed by atoms with E-state index in [2.05, 4.69) is 9.80 Å². The van der Waals surface area contributed by atoms with Gasteiger partial charge in [-0.05, 0) is 18.2 Å². The first-order chi connectivity index (χ1) is 10.5. The lowest BCUT2D eigenvalue weighted by Crippen LogP contribution is -2.51. The largest absolute Gasteiger partial charge is 0.369 e. The number of nitrogens with zero attached hydrogens (tertiary/aromatic N) is 3. The van der Waals surface area contributed by atoms with Crippen molar-refractivity contribution in [2.24, 2.45) is 0 Å². The zero-order valence-electron chi connectivity index (χ0n) is 12.1. The number of anilines is 1. The number of benzene rings is 1. The Morgan fingerprint density at radius 2 is 1.55 bits per heavy atom. The van der Waals surface area contributed by atoms with E-state index in [1.807, 2.05) is 12.1 Å². The number of piperazine rings is 1. The number of carbonyl (C=O) groups is 2. The van der Waals surface area contributed by atoms with Crippen LogP contribution in [0.2, 0.25) is 10.0 Å². The van der Waals surface area contributed by atoms with E-state index in [1.165, 1.54) is 4.90 Å². The van der Waals surface area contributed by atoms with Crippen molar-refractivity contribution in [1.29, 1.82) is 0 Å². The van der Waals surface area contributed by atoms with Crippen LogP contribution in [0, 0.1) is 0 Å². The van der Waals surface area contributed by atoms with E-state index in [-0.39, 0.29) is 11.8 Å². The molecule has 3 rings (SSSR count). The van der Waals surface area contributed by atoms with E-state index in [0.29, 0.717) is 29.6 Å². The minimum Gasteiger partial charge on any atom is -0.369 e. The van der Waals surface area contributed by atoms with E-state index < -0.39 is 0 Å². The number of carbonyl (C=O) groups excluding carboxylic acids is 2. The summed E-state index contributed by atoms with van der Waals surface area (Å²) in [5.74, 6) is -0.117. The smallest absolute Gasteiger partial charge is 0.230 e. The summed E-state index contributed by atoms with van der Waals surface area (Å²) in [6, 6.07) is 5.62. The Morgan fingerprint density at radius 1 is 0.909 bits per heavy atom. The van der Waals surface area contributed by atoms with E-state index in [1.54, 1.807) is 6.07 Å². The first-order valence-corrected chi connectivity index (χ1v) is 8.06. The third kappa shape index (κ3) is 3.21. The summed E-state index contributed by atoms with van der Waals surface area (Å²) in [7, 11) is 0. The second kappa shape index (κ2) is 6.44. The highest BCUT2D eigenvalue weighted by Gasteiger charge is 2.31. The highest BCUT2D eigenvalue weighted by Crippen LogP contribution is 2.27. The maximum Gasteiger partial charge on any atom is 0.230 e. The van der Waals surface area contributed by atoms with E-state index in [0.717, 1.165) is 31.9 Å². The molecule has 0 saturated carbocycles. The van der Waals surface area contributed by atoms with Gasteiger partial charge < -0.3 is 4.90 Å². The number of amides is 2. The topological polar surface area (TPSA) is 43.9 Å². The predicted octanol–water partition coefficient (Wildman–Crippen LogP) is 2.22. The summed E-state index contributed by atoms with van der Waals surface area (Å²) in [5, 5.41) is 1.10. The summed E-state index contributed by atoms with van der Waals surface area (Å²) in [5.41, 5.74) is 1.04. The van der Waals surface area contributed by atoms with Crippen LogP contribution in [0.3, 0.4) is 0 Å². The van der Waals surface area contributed by atoms with Crippen molar-refractivity contribution in [2.45, 2.75) is 12.8 Å². The molecule has 2 aliphatic rings. The van der Waals surface area contributed by atoms with Gasteiger partial charge in [0.05, 0.1) is 16.7 Å². The van der Waals surface area contributed by atoms with Crippen molar-refractivity contribution in [3.8, 4) is 0 Å². The van der Waals surface area contributed by atoms with Crippen LogP contribution in [0.5, 0.6) is 0 Å². The molecule has 2 fully saturated rings. The number of hydrogen-bond donors (Lipinski definition) is 0. The molecule has 0 atom stereocenters. The van der Waals surface area contributed by atoms with Crippen LogP contribution in [0.15, 0.2) is 18.2 Å². The highest BCUT2D eigenvalue weighted by atomic mass is 35.5. The normalized spacial score (nSPS) is 20.1. The molecule has 0 spiro atoms. The summed E-state index contributed by atoms with van der Waals surface area (Å²) >= 11 is 12.0. The molecular formula is C15H17Cl2N3O2. The highest BCUT2D eigenvalue weighted by molar-refractivity contribution is 6.42. The van der Waals surface area contributed by atoms with Crippen LogP contribution < -0.4 is 4.90 Å². The van der Waals surface area contributed by atoms with Crippen molar-refractivity contribution in [1.82, 2.24) is 9.80 Å². The van der Waals surface area contributed by atoms with Crippen LogP contribution in [0.4, 0.5) is 5.69 Å². The third-order valence-electron chi connectivity index (χ3n) is 4.14. The molecule has 2 amide bonds. The molecule has 5 nitrogen and oxygen atoms in total. The Kier molecular flexibility index (Phi) is 4.57. The van der Waals surface area contributed by atoms with Gasteiger partial charge >= 0.3 is 0 Å². The molecule has 0 N–H and O–H groups in total. The monoisotopic (exact) mass is 341 g/mol. The number of halogens is 2. The zero-order valence-corrected chi connectivity index (χ0v) is 13.6. The molecule has 7 heteroatoms. The molecule has 1 aromatic rings. The number of rotatable bonds is 3. The van der Waals surface area contributed by atoms with E-state index >= 15 is 0 Å². The molecule has 0 unspecified atom stereocenters. The standard InChI is InChI=1S/C15H17Cl2N3O2/c16-12-2-1-11(9-13(12)17)19-7-5-18(6-8-19)10-20-14(21)3-4-15(20)22/h1-2,9H,3-8,10H2. The summed E-state index contributed by atoms with van der Waals surface area (Å²) in [4.78, 5) is 29.0. The molecule has 22 heavy (non-hydrogen) atoms. The minimum atomic E-state index is -0.0584. The Bertz CT molecular complexity index is 584. The summed E-state index contributed by atoms with van der Waals surface area (Å²) in [6.07, 6.45) is 0.699. The van der Waals surface area contributed by atoms with Crippen LogP contribution in [-0.2, 0) is 9.59 Å². The minimum absolute atomic E-state index is 0.0584. The van der Waals surface area contributed by atoms with E-state index in [4.69, 9.17) is 23.2 Å². The molecular weight excluding hydrogens is 325 g/mol. The van der Waals surface area contributed by atoms with Crippen molar-refractivity contribution in [3.63, 3.8) is 0 Å². The lowest BCUT2D eigenvalue weighted by molar-refractivity contribution is -0.140. The summed E-state index contributed by atoms with van der Waals surface area (Å²) < 4.78 is 0. The average molecular weight is 342 g/mol. The Morgan fingerprint density at radius 3 is 2.14 bits per heavy atom. The predicted molar refractivity (Wildman–Crippen MR) is 86.2 cm³/mol. The number of likely N-dealkylation sites (tertiary alicyclic amines) is 1. The number of hydrogen-bond acceptors (Lipinski definition) is 4. The molecule has 2 heterocycles. The quantitative estimate of drug-likeness (QED) is 0.790. The average Bonchev–Trinajstić information content (AvgIpc) is 2.83. The SMILES string of the molecule is O=C1CCC(=O)N1CN1CCN(c2ccc(Cl)c(Cl)c2)CC1. The lowest BCUT2D eigenvalue weighted by Gasteiger charge is -2.37. The lowest BCUT2D eigenvalue weighted by atomic mass is 10.2. The number of imide groups is 1. The molecule has 2 aliphatic heterocycles. The molecule has 2 saturated heterocycles. The van der Waals surface area contributed by atoms with Gasteiger partial charge in [-0.1, -0.05) is 23.2 Å². The Hall–Kier alpha value is -1.30. The van der Waals surface area contributed by atoms with Gasteiger partial charge in [-0.25, -0.2) is 0 Å². The van der Waals surface area contributed by atoms with Crippen molar-refractivity contribution in [2.75, 3.05) is 37.7 Å². The van der Waals surface area contributed by atoms with Crippen LogP contribution in [0.1, 0.15) is 12.8 Å². The molecule has 0 bridgehead atoms. The van der Waals surface area contributed by atoms with Gasteiger partial charge in [0.15, 0.2) is 0 Å². The van der Waals surface area contributed by atoms with E-state index in [9.17, 15) is 9.59 Å². The molecule has 0 aliphatic carbocycles. The maximum atomic E-state index is 11.7. The first kappa shape index (κ1) is 15.6. The fraction of sp³-hybridized carbons (Fsp3) is 0.467. The van der Waals surface area contributed by atoms with Crippen LogP contribution in [0.25, 0.3) is 0 Å². The Labute approximate surface area is 139 Å². The van der Waals surface area contributed by atoms with Gasteiger partial charge in [0.1, 0.15) is 0 Å². The summed E-state index contributed by atoms with van der Waals surface area (Å²) in [6.45, 7) is 3.67. The van der Waals surface area contributed by atoms with Crippen molar-refractivity contribution in [3.05, 3.63) is 28.2 Å². The van der Waals surface area contributed by atoms with Gasteiger partial charge in [0.25, 0.3) is 0 Å². The second-order valence-corrected chi connectivity index (χ2v) is 6.37. The van der Waals surface area contributed by atoms with Crippen molar-refractivity contribution < 1.29 is 9.59 Å². The van der Waals surface area contributed by atoms with Crippen molar-refractivity contribution >= 4 is 40.7 Å².